The molecule has 0 saturated heterocycles. The summed E-state index contributed by atoms with van der Waals surface area (Å²) in [7, 11) is 0. The summed E-state index contributed by atoms with van der Waals surface area (Å²) in [5, 5.41) is 78.0. The van der Waals surface area contributed by atoms with Crippen LogP contribution in [0.15, 0.2) is 48.5 Å². The minimum atomic E-state index is -2.80. The van der Waals surface area contributed by atoms with Crippen LogP contribution in [-0.4, -0.2) is 97.1 Å². The van der Waals surface area contributed by atoms with E-state index in [2.05, 4.69) is 0 Å². The van der Waals surface area contributed by atoms with E-state index in [1.807, 2.05) is 62.4 Å². The van der Waals surface area contributed by atoms with Gasteiger partial charge in [0, 0.05) is 35.3 Å². The fourth-order valence-electron chi connectivity index (χ4n) is 1.83. The van der Waals surface area contributed by atoms with Gasteiger partial charge in [0.15, 0.2) is 0 Å². The summed E-state index contributed by atoms with van der Waals surface area (Å²) in [5.41, 5.74) is 15.0. The molecule has 4 radical (unpaired) electrons. The van der Waals surface area contributed by atoms with Crippen molar-refractivity contribution in [2.24, 2.45) is 0 Å². The van der Waals surface area contributed by atoms with Crippen LogP contribution in [0.1, 0.15) is 14.0 Å². The Balaban J connectivity index is -0.0000000935. The SMILES string of the molecule is Cc1cccc(N)c1.Cc1cccc(N)c1.O=C([O-])C([O-])C([O-])C(=O)[O-].O=C([O-])C([O-])C([O-])C(=O)[O-].[H+].[H+].[Sb+3].[Sb+3]. The predicted octanol–water partition coefficient (Wildman–Crippen LogP) is -9.49. The maximum Gasteiger partial charge on any atom is 3.00 e. The molecular weight excluding hydrogens is 728 g/mol. The van der Waals surface area contributed by atoms with Crippen LogP contribution < -0.4 is 52.3 Å². The average Bonchev–Trinajstić information content (AvgIpc) is 2.77. The maximum absolute atomic E-state index is 9.97. The van der Waals surface area contributed by atoms with Crippen LogP contribution in [0, 0.1) is 13.8 Å². The summed E-state index contributed by atoms with van der Waals surface area (Å²) in [5.74, 6) is -8.93. The Morgan fingerprint density at radius 3 is 0.895 bits per heavy atom. The van der Waals surface area contributed by atoms with Gasteiger partial charge in [-0.3, -0.25) is 0 Å². The molecule has 14 nitrogen and oxygen atoms in total. The van der Waals surface area contributed by atoms with Crippen molar-refractivity contribution in [1.82, 2.24) is 0 Å². The summed E-state index contributed by atoms with van der Waals surface area (Å²) in [4.78, 5) is 38.1. The summed E-state index contributed by atoms with van der Waals surface area (Å²) in [6, 6.07) is 15.6. The first kappa shape index (κ1) is 42.5. The van der Waals surface area contributed by atoms with E-state index in [-0.39, 0.29) is 51.7 Å². The largest absolute Gasteiger partial charge is 3.00 e. The van der Waals surface area contributed by atoms with E-state index in [0.29, 0.717) is 0 Å². The van der Waals surface area contributed by atoms with Gasteiger partial charge in [-0.1, -0.05) is 48.7 Å². The number of aliphatic carboxylic acids is 4. The minimum Gasteiger partial charge on any atom is -0.848 e. The van der Waals surface area contributed by atoms with Crippen molar-refractivity contribution in [2.75, 3.05) is 11.5 Å². The van der Waals surface area contributed by atoms with Gasteiger partial charge in [-0.25, -0.2) is 0 Å². The molecule has 38 heavy (non-hydrogen) atoms. The van der Waals surface area contributed by atoms with Crippen molar-refractivity contribution >= 4 is 84.1 Å². The van der Waals surface area contributed by atoms with E-state index in [0.717, 1.165) is 11.4 Å². The second-order valence-corrected chi connectivity index (χ2v) is 6.79. The van der Waals surface area contributed by atoms with Crippen molar-refractivity contribution in [3.63, 3.8) is 0 Å². The summed E-state index contributed by atoms with van der Waals surface area (Å²) >= 11 is 0. The van der Waals surface area contributed by atoms with E-state index in [1.54, 1.807) is 0 Å². The van der Waals surface area contributed by atoms with E-state index < -0.39 is 48.3 Å². The van der Waals surface area contributed by atoms with Crippen molar-refractivity contribution in [3.8, 4) is 0 Å². The van der Waals surface area contributed by atoms with Crippen molar-refractivity contribution in [3.05, 3.63) is 59.7 Å². The van der Waals surface area contributed by atoms with Gasteiger partial charge in [0.05, 0.1) is 0 Å². The number of nitrogen functional groups attached to an aromatic ring is 2. The van der Waals surface area contributed by atoms with E-state index >= 15 is 0 Å². The van der Waals surface area contributed by atoms with Crippen LogP contribution in [0.25, 0.3) is 0 Å². The smallest absolute Gasteiger partial charge is 0.848 e. The Morgan fingerprint density at radius 1 is 0.579 bits per heavy atom. The van der Waals surface area contributed by atoms with E-state index in [4.69, 9.17) is 11.5 Å². The Kier molecular flexibility index (Phi) is 25.0. The van der Waals surface area contributed by atoms with Crippen molar-refractivity contribution in [1.29, 1.82) is 0 Å². The second-order valence-electron chi connectivity index (χ2n) is 6.79. The molecule has 0 fully saturated rings. The number of anilines is 2. The Hall–Kier alpha value is -2.60. The monoisotopic (exact) mass is 750 g/mol. The van der Waals surface area contributed by atoms with Crippen LogP contribution >= 0.6 is 0 Å². The van der Waals surface area contributed by atoms with Crippen LogP contribution in [-0.2, 0) is 19.2 Å². The van der Waals surface area contributed by atoms with Gasteiger partial charge in [-0.15, -0.1) is 0 Å². The average molecular weight is 752 g/mol. The summed E-state index contributed by atoms with van der Waals surface area (Å²) < 4.78 is 0. The molecule has 16 heteroatoms. The van der Waals surface area contributed by atoms with Gasteiger partial charge in [0.25, 0.3) is 0 Å². The molecule has 2 aromatic rings. The number of carboxylic acids is 4. The fraction of sp³-hybridized carbons (Fsp3) is 0.273. The third kappa shape index (κ3) is 20.5. The molecule has 204 valence electrons. The molecular formula is C22H24N2O12Sb2. The predicted molar refractivity (Wildman–Crippen MR) is 120 cm³/mol. The van der Waals surface area contributed by atoms with Crippen molar-refractivity contribution in [2.45, 2.75) is 38.3 Å². The van der Waals surface area contributed by atoms with Crippen LogP contribution in [0.5, 0.6) is 0 Å². The molecule has 0 saturated carbocycles. The third-order valence-electron chi connectivity index (χ3n) is 3.56. The molecule has 4 atom stereocenters. The molecule has 0 aliphatic carbocycles. The summed E-state index contributed by atoms with van der Waals surface area (Å²) in [6.45, 7) is 4.05. The van der Waals surface area contributed by atoms with Gasteiger partial charge >= 0.3 is 51.7 Å². The van der Waals surface area contributed by atoms with Gasteiger partial charge < -0.3 is 71.5 Å². The number of nitrogens with two attached hydrogens (primary N) is 2. The molecule has 2 aromatic carbocycles. The molecule has 4 unspecified atom stereocenters. The minimum absolute atomic E-state index is 0. The zero-order valence-corrected chi connectivity index (χ0v) is 25.0. The number of aryl methyl sites for hydroxylation is 2. The first-order valence-electron chi connectivity index (χ1n) is 9.62. The summed E-state index contributed by atoms with van der Waals surface area (Å²) in [6.07, 6.45) is -11.2. The number of carbonyl (C=O) groups is 4. The Morgan fingerprint density at radius 2 is 0.789 bits per heavy atom. The van der Waals surface area contributed by atoms with Gasteiger partial charge in [0.2, 0.25) is 0 Å². The van der Waals surface area contributed by atoms with Crippen LogP contribution in [0.4, 0.5) is 11.4 Å². The molecule has 0 amide bonds. The number of carbonyl (C=O) groups excluding carboxylic acids is 4. The van der Waals surface area contributed by atoms with Gasteiger partial charge in [-0.2, -0.15) is 0 Å². The Bertz CT molecular complexity index is 871. The topological polar surface area (TPSA) is 305 Å². The molecule has 0 heterocycles. The zero-order chi connectivity index (χ0) is 28.6. The Labute approximate surface area is 255 Å². The number of hydrogen-bond donors (Lipinski definition) is 2. The molecule has 0 spiro atoms. The number of hydrogen-bond acceptors (Lipinski definition) is 14. The van der Waals surface area contributed by atoms with Gasteiger partial charge in [-0.05, 0) is 49.2 Å². The van der Waals surface area contributed by atoms with E-state index in [9.17, 15) is 60.0 Å². The number of carboxylic acid groups (broad SMARTS) is 4. The molecule has 0 aromatic heterocycles. The quantitative estimate of drug-likeness (QED) is 0.205. The standard InChI is InChI=1S/2C7H9N.2C4H4O6.2Sb/c2*1-6-3-2-4-7(8)5-6;2*5-1(3(7)8)2(6)4(9)10;;/h2*2-5H,8H2,1H3;2*1-2H,(H,7,8)(H,9,10);;/q;;2*-2;2*+3/p-2. The molecule has 0 aliphatic rings. The first-order chi connectivity index (χ1) is 16.5. The molecule has 4 N–H and O–H groups in total. The van der Waals surface area contributed by atoms with Gasteiger partial charge in [0.1, 0.15) is 0 Å². The molecule has 0 bridgehead atoms. The molecule has 0 aliphatic heterocycles. The maximum atomic E-state index is 9.97. The molecule has 2 rings (SSSR count). The van der Waals surface area contributed by atoms with E-state index in [1.165, 1.54) is 11.1 Å². The van der Waals surface area contributed by atoms with Crippen molar-refractivity contribution < 1.29 is 62.9 Å². The number of benzene rings is 2. The third-order valence-corrected chi connectivity index (χ3v) is 3.56. The zero-order valence-electron chi connectivity index (χ0n) is 21.9. The second kappa shape index (κ2) is 22.4. The first-order valence-corrected chi connectivity index (χ1v) is 9.62. The van der Waals surface area contributed by atoms with Crippen LogP contribution in [0.3, 0.4) is 0 Å². The fourth-order valence-corrected chi connectivity index (χ4v) is 1.83. The van der Waals surface area contributed by atoms with Crippen LogP contribution in [0.2, 0.25) is 0 Å². The normalized spacial score (nSPS) is 12.2. The number of rotatable bonds is 6.